The summed E-state index contributed by atoms with van der Waals surface area (Å²) < 4.78 is 11.2. The Balaban J connectivity index is 1.57. The predicted octanol–water partition coefficient (Wildman–Crippen LogP) is 3.39. The number of aryl methyl sites for hydroxylation is 2. The normalized spacial score (nSPS) is 23.7. The van der Waals surface area contributed by atoms with Gasteiger partial charge in [-0.15, -0.1) is 0 Å². The van der Waals surface area contributed by atoms with Gasteiger partial charge in [0.15, 0.2) is 6.10 Å². The molecule has 1 aliphatic carbocycles. The summed E-state index contributed by atoms with van der Waals surface area (Å²) in [6, 6.07) is 6.20. The molecule has 3 rings (SSSR count). The maximum absolute atomic E-state index is 12.0. The number of ether oxygens (including phenoxy) is 2. The van der Waals surface area contributed by atoms with Gasteiger partial charge in [0, 0.05) is 0 Å². The first-order valence-electron chi connectivity index (χ1n) is 7.63. The van der Waals surface area contributed by atoms with Crippen molar-refractivity contribution in [2.45, 2.75) is 32.4 Å². The second kappa shape index (κ2) is 6.26. The molecule has 0 bridgehead atoms. The van der Waals surface area contributed by atoms with Gasteiger partial charge in [0.25, 0.3) is 0 Å². The highest BCUT2D eigenvalue weighted by Crippen LogP contribution is 2.21. The number of cyclic esters (lactones) is 1. The molecule has 1 fully saturated rings. The lowest BCUT2D eigenvalue weighted by molar-refractivity contribution is 0.102. The van der Waals surface area contributed by atoms with E-state index in [1.165, 1.54) is 11.1 Å². The lowest BCUT2D eigenvalue weighted by Gasteiger charge is -2.22. The van der Waals surface area contributed by atoms with Gasteiger partial charge in [0.1, 0.15) is 12.4 Å². The van der Waals surface area contributed by atoms with Gasteiger partial charge in [0.05, 0.1) is 12.6 Å². The maximum atomic E-state index is 12.0. The summed E-state index contributed by atoms with van der Waals surface area (Å²) in [6.45, 7) is 5.05. The average molecular weight is 299 g/mol. The predicted molar refractivity (Wildman–Crippen MR) is 85.1 cm³/mol. The van der Waals surface area contributed by atoms with E-state index in [1.54, 1.807) is 4.90 Å². The highest BCUT2D eigenvalue weighted by atomic mass is 16.6. The van der Waals surface area contributed by atoms with E-state index in [1.807, 2.05) is 44.2 Å². The number of benzene rings is 1. The van der Waals surface area contributed by atoms with Crippen molar-refractivity contribution in [3.05, 3.63) is 53.6 Å². The van der Waals surface area contributed by atoms with Crippen molar-refractivity contribution in [1.29, 1.82) is 0 Å². The summed E-state index contributed by atoms with van der Waals surface area (Å²) in [7, 11) is 0. The third kappa shape index (κ3) is 3.32. The van der Waals surface area contributed by atoms with E-state index in [2.05, 4.69) is 12.1 Å². The quantitative estimate of drug-likeness (QED) is 0.855. The van der Waals surface area contributed by atoms with Crippen LogP contribution in [-0.2, 0) is 4.74 Å². The zero-order chi connectivity index (χ0) is 15.5. The van der Waals surface area contributed by atoms with E-state index < -0.39 is 0 Å². The van der Waals surface area contributed by atoms with Gasteiger partial charge in [-0.25, -0.2) is 4.79 Å². The molecule has 1 saturated heterocycles. The minimum atomic E-state index is -0.251. The molecule has 0 radical (unpaired) electrons. The molecule has 1 amide bonds. The summed E-state index contributed by atoms with van der Waals surface area (Å²) in [5.41, 5.74) is 2.33. The SMILES string of the molecule is Cc1cc(C)cc(OCC2CN(C3C=CC=CC3)C(=O)O2)c1. The molecule has 0 saturated carbocycles. The van der Waals surface area contributed by atoms with Crippen molar-refractivity contribution in [3.63, 3.8) is 0 Å². The van der Waals surface area contributed by atoms with E-state index >= 15 is 0 Å². The maximum Gasteiger partial charge on any atom is 0.410 e. The van der Waals surface area contributed by atoms with Crippen LogP contribution in [-0.4, -0.2) is 36.3 Å². The van der Waals surface area contributed by atoms with Gasteiger partial charge in [-0.1, -0.05) is 30.4 Å². The summed E-state index contributed by atoms with van der Waals surface area (Å²) in [6.07, 6.45) is 8.45. The van der Waals surface area contributed by atoms with Crippen LogP contribution < -0.4 is 4.74 Å². The molecular formula is C18H21NO3. The van der Waals surface area contributed by atoms with Gasteiger partial charge in [-0.3, -0.25) is 4.90 Å². The van der Waals surface area contributed by atoms with E-state index in [0.717, 1.165) is 12.2 Å². The van der Waals surface area contributed by atoms with E-state index in [-0.39, 0.29) is 18.2 Å². The van der Waals surface area contributed by atoms with Crippen molar-refractivity contribution in [1.82, 2.24) is 4.90 Å². The number of hydrogen-bond donors (Lipinski definition) is 0. The Kier molecular flexibility index (Phi) is 4.18. The molecule has 2 atom stereocenters. The van der Waals surface area contributed by atoms with Crippen molar-refractivity contribution in [3.8, 4) is 5.75 Å². The standard InChI is InChI=1S/C18H21NO3/c1-13-8-14(2)10-16(9-13)21-12-17-11-19(18(20)22-17)15-6-4-3-5-7-15/h3-6,8-10,15,17H,7,11-12H2,1-2H3. The Hall–Kier alpha value is -2.23. The highest BCUT2D eigenvalue weighted by Gasteiger charge is 2.35. The number of rotatable bonds is 4. The molecule has 1 aliphatic heterocycles. The molecule has 4 nitrogen and oxygen atoms in total. The van der Waals surface area contributed by atoms with Crippen LogP contribution in [0.1, 0.15) is 17.5 Å². The fraction of sp³-hybridized carbons (Fsp3) is 0.389. The summed E-state index contributed by atoms with van der Waals surface area (Å²) in [4.78, 5) is 13.8. The van der Waals surface area contributed by atoms with Gasteiger partial charge in [-0.05, 0) is 43.5 Å². The smallest absolute Gasteiger partial charge is 0.410 e. The molecule has 0 spiro atoms. The third-order valence-corrected chi connectivity index (χ3v) is 3.89. The second-order valence-electron chi connectivity index (χ2n) is 5.91. The Bertz CT molecular complexity index is 601. The Morgan fingerprint density at radius 3 is 2.68 bits per heavy atom. The zero-order valence-corrected chi connectivity index (χ0v) is 13.0. The minimum Gasteiger partial charge on any atom is -0.490 e. The lowest BCUT2D eigenvalue weighted by Crippen LogP contribution is -2.36. The molecule has 0 N–H and O–H groups in total. The van der Waals surface area contributed by atoms with Gasteiger partial charge in [0.2, 0.25) is 0 Å². The summed E-state index contributed by atoms with van der Waals surface area (Å²) >= 11 is 0. The molecule has 1 aromatic carbocycles. The molecule has 4 heteroatoms. The average Bonchev–Trinajstić information content (AvgIpc) is 2.86. The van der Waals surface area contributed by atoms with Crippen molar-refractivity contribution < 1.29 is 14.3 Å². The molecule has 1 heterocycles. The minimum absolute atomic E-state index is 0.101. The third-order valence-electron chi connectivity index (χ3n) is 3.89. The lowest BCUT2D eigenvalue weighted by atomic mass is 10.1. The van der Waals surface area contributed by atoms with Crippen LogP contribution in [0.25, 0.3) is 0 Å². The van der Waals surface area contributed by atoms with Crippen LogP contribution >= 0.6 is 0 Å². The van der Waals surface area contributed by atoms with Crippen molar-refractivity contribution in [2.24, 2.45) is 0 Å². The van der Waals surface area contributed by atoms with Crippen LogP contribution in [0.2, 0.25) is 0 Å². The van der Waals surface area contributed by atoms with Crippen LogP contribution in [0.15, 0.2) is 42.5 Å². The van der Waals surface area contributed by atoms with Gasteiger partial charge < -0.3 is 9.47 Å². The molecule has 1 aromatic rings. The summed E-state index contributed by atoms with van der Waals surface area (Å²) in [5, 5.41) is 0. The zero-order valence-electron chi connectivity index (χ0n) is 13.0. The van der Waals surface area contributed by atoms with E-state index in [4.69, 9.17) is 9.47 Å². The molecular weight excluding hydrogens is 278 g/mol. The number of amides is 1. The van der Waals surface area contributed by atoms with Gasteiger partial charge in [-0.2, -0.15) is 0 Å². The molecule has 2 aliphatic rings. The monoisotopic (exact) mass is 299 g/mol. The topological polar surface area (TPSA) is 38.8 Å². The number of nitrogens with zero attached hydrogens (tertiary/aromatic N) is 1. The van der Waals surface area contributed by atoms with Crippen molar-refractivity contribution in [2.75, 3.05) is 13.2 Å². The van der Waals surface area contributed by atoms with Gasteiger partial charge >= 0.3 is 6.09 Å². The molecule has 22 heavy (non-hydrogen) atoms. The fourth-order valence-corrected chi connectivity index (χ4v) is 2.90. The van der Waals surface area contributed by atoms with Crippen LogP contribution in [0.4, 0.5) is 4.79 Å². The Morgan fingerprint density at radius 1 is 1.23 bits per heavy atom. The van der Waals surface area contributed by atoms with Crippen LogP contribution in [0.5, 0.6) is 5.75 Å². The number of allylic oxidation sites excluding steroid dienone is 2. The Morgan fingerprint density at radius 2 is 2.00 bits per heavy atom. The fourth-order valence-electron chi connectivity index (χ4n) is 2.90. The number of carbonyl (C=O) groups excluding carboxylic acids is 1. The number of hydrogen-bond acceptors (Lipinski definition) is 3. The molecule has 0 aromatic heterocycles. The first-order valence-corrected chi connectivity index (χ1v) is 7.63. The number of carbonyl (C=O) groups is 1. The van der Waals surface area contributed by atoms with E-state index in [0.29, 0.717) is 13.2 Å². The van der Waals surface area contributed by atoms with E-state index in [9.17, 15) is 4.79 Å². The largest absolute Gasteiger partial charge is 0.490 e. The van der Waals surface area contributed by atoms with Crippen LogP contribution in [0, 0.1) is 13.8 Å². The highest BCUT2D eigenvalue weighted by molar-refractivity contribution is 5.70. The first-order chi connectivity index (χ1) is 10.6. The Labute approximate surface area is 131 Å². The first kappa shape index (κ1) is 14.7. The van der Waals surface area contributed by atoms with Crippen molar-refractivity contribution >= 4 is 6.09 Å². The second-order valence-corrected chi connectivity index (χ2v) is 5.91. The molecule has 2 unspecified atom stereocenters. The van der Waals surface area contributed by atoms with Crippen LogP contribution in [0.3, 0.4) is 0 Å². The molecule has 116 valence electrons. The summed E-state index contributed by atoms with van der Waals surface area (Å²) in [5.74, 6) is 0.826.